The Bertz CT molecular complexity index is 595. The van der Waals surface area contributed by atoms with Crippen molar-refractivity contribution in [3.05, 3.63) is 36.2 Å². The van der Waals surface area contributed by atoms with E-state index in [1.807, 2.05) is 30.3 Å². The lowest BCUT2D eigenvalue weighted by molar-refractivity contribution is -0.124. The maximum Gasteiger partial charge on any atom is 0.236 e. The molecule has 0 aliphatic carbocycles. The Morgan fingerprint density at radius 1 is 1.25 bits per heavy atom. The topological polar surface area (TPSA) is 111 Å². The number of hydrogen-bond acceptors (Lipinski definition) is 5. The molecule has 7 heteroatoms. The normalized spacial score (nSPS) is 10.2. The molecule has 7 nitrogen and oxygen atoms in total. The van der Waals surface area contributed by atoms with E-state index in [9.17, 15) is 9.59 Å². The third kappa shape index (κ3) is 3.91. The fourth-order valence-electron chi connectivity index (χ4n) is 1.56. The number of nitrogens with zero attached hydrogens (tertiary/aromatic N) is 2. The highest BCUT2D eigenvalue weighted by atomic mass is 16.5. The molecule has 104 valence electrons. The van der Waals surface area contributed by atoms with Gasteiger partial charge in [-0.3, -0.25) is 9.59 Å². The average molecular weight is 274 g/mol. The van der Waals surface area contributed by atoms with E-state index < -0.39 is 5.91 Å². The van der Waals surface area contributed by atoms with Gasteiger partial charge < -0.3 is 15.6 Å². The third-order valence-corrected chi connectivity index (χ3v) is 2.53. The van der Waals surface area contributed by atoms with E-state index in [-0.39, 0.29) is 18.9 Å². The first-order chi connectivity index (χ1) is 9.65. The number of aryl methyl sites for hydroxylation is 1. The van der Waals surface area contributed by atoms with Gasteiger partial charge in [-0.25, -0.2) is 0 Å². The molecule has 0 unspecified atom stereocenters. The zero-order valence-electron chi connectivity index (χ0n) is 10.7. The third-order valence-electron chi connectivity index (χ3n) is 2.53. The summed E-state index contributed by atoms with van der Waals surface area (Å²) in [6.07, 6.45) is 0.466. The van der Waals surface area contributed by atoms with Crippen LogP contribution in [0.3, 0.4) is 0 Å². The van der Waals surface area contributed by atoms with Crippen LogP contribution in [0.1, 0.15) is 12.3 Å². The molecule has 0 saturated carbocycles. The van der Waals surface area contributed by atoms with E-state index >= 15 is 0 Å². The van der Waals surface area contributed by atoms with Crippen molar-refractivity contribution in [2.45, 2.75) is 12.8 Å². The van der Waals surface area contributed by atoms with E-state index in [1.165, 1.54) is 0 Å². The molecule has 1 aromatic heterocycles. The molecule has 2 rings (SSSR count). The Hall–Kier alpha value is -2.70. The minimum absolute atomic E-state index is 0.156. The van der Waals surface area contributed by atoms with Crippen molar-refractivity contribution in [2.75, 3.05) is 6.54 Å². The highest BCUT2D eigenvalue weighted by Crippen LogP contribution is 2.15. The standard InChI is InChI=1S/C13H14N4O3/c14-10(18)8-15-11(19)6-7-12-16-13(17-20-12)9-4-2-1-3-5-9/h1-5H,6-8H2,(H2,14,18)(H,15,19). The average Bonchev–Trinajstić information content (AvgIpc) is 2.93. The summed E-state index contributed by atoms with van der Waals surface area (Å²) in [7, 11) is 0. The highest BCUT2D eigenvalue weighted by molar-refractivity contribution is 5.83. The second-order valence-electron chi connectivity index (χ2n) is 4.12. The van der Waals surface area contributed by atoms with Crippen molar-refractivity contribution in [1.82, 2.24) is 15.5 Å². The maximum atomic E-state index is 11.4. The number of nitrogens with two attached hydrogens (primary N) is 1. The van der Waals surface area contributed by atoms with Gasteiger partial charge in [-0.15, -0.1) is 0 Å². The Labute approximate surface area is 115 Å². The van der Waals surface area contributed by atoms with Crippen molar-refractivity contribution in [2.24, 2.45) is 5.73 Å². The smallest absolute Gasteiger partial charge is 0.236 e. The van der Waals surface area contributed by atoms with Crippen molar-refractivity contribution in [3.63, 3.8) is 0 Å². The molecule has 2 aromatic rings. The van der Waals surface area contributed by atoms with Crippen molar-refractivity contribution in [1.29, 1.82) is 0 Å². The van der Waals surface area contributed by atoms with Crippen LogP contribution in [-0.4, -0.2) is 28.5 Å². The summed E-state index contributed by atoms with van der Waals surface area (Å²) in [5, 5.41) is 6.23. The fraction of sp³-hybridized carbons (Fsp3) is 0.231. The summed E-state index contributed by atoms with van der Waals surface area (Å²) >= 11 is 0. The van der Waals surface area contributed by atoms with Gasteiger partial charge in [-0.2, -0.15) is 4.98 Å². The van der Waals surface area contributed by atoms with E-state index in [0.29, 0.717) is 18.1 Å². The number of aromatic nitrogens is 2. The lowest BCUT2D eigenvalue weighted by atomic mass is 10.2. The number of carbonyl (C=O) groups is 2. The summed E-state index contributed by atoms with van der Waals surface area (Å²) in [5.74, 6) is -0.0120. The highest BCUT2D eigenvalue weighted by Gasteiger charge is 2.10. The van der Waals surface area contributed by atoms with E-state index in [0.717, 1.165) is 5.56 Å². The lowest BCUT2D eigenvalue weighted by Crippen LogP contribution is -2.33. The molecule has 0 fully saturated rings. The van der Waals surface area contributed by atoms with Crippen molar-refractivity contribution in [3.8, 4) is 11.4 Å². The molecule has 0 aliphatic rings. The SMILES string of the molecule is NC(=O)CNC(=O)CCc1nc(-c2ccccc2)no1. The minimum Gasteiger partial charge on any atom is -0.368 e. The van der Waals surface area contributed by atoms with Crippen LogP contribution < -0.4 is 11.1 Å². The van der Waals surface area contributed by atoms with Gasteiger partial charge in [-0.1, -0.05) is 35.5 Å². The molecular weight excluding hydrogens is 260 g/mol. The predicted molar refractivity (Wildman–Crippen MR) is 70.3 cm³/mol. The molecule has 1 heterocycles. The second-order valence-corrected chi connectivity index (χ2v) is 4.12. The molecule has 0 bridgehead atoms. The number of carbonyl (C=O) groups excluding carboxylic acids is 2. The predicted octanol–water partition coefficient (Wildman–Crippen LogP) is 0.271. The Balaban J connectivity index is 1.87. The molecule has 20 heavy (non-hydrogen) atoms. The molecule has 0 saturated heterocycles. The first-order valence-corrected chi connectivity index (χ1v) is 6.08. The first-order valence-electron chi connectivity index (χ1n) is 6.08. The molecule has 0 atom stereocenters. The van der Waals surface area contributed by atoms with Crippen molar-refractivity contribution < 1.29 is 14.1 Å². The number of nitrogens with one attached hydrogen (secondary N) is 1. The summed E-state index contributed by atoms with van der Waals surface area (Å²) in [4.78, 5) is 26.1. The Kier molecular flexibility index (Phi) is 4.43. The van der Waals surface area contributed by atoms with Gasteiger partial charge in [0.25, 0.3) is 0 Å². The van der Waals surface area contributed by atoms with Crippen LogP contribution in [-0.2, 0) is 16.0 Å². The van der Waals surface area contributed by atoms with Gasteiger partial charge >= 0.3 is 0 Å². The summed E-state index contributed by atoms with van der Waals surface area (Å²) in [5.41, 5.74) is 5.77. The molecular formula is C13H14N4O3. The lowest BCUT2D eigenvalue weighted by Gasteiger charge is -1.99. The zero-order chi connectivity index (χ0) is 14.4. The minimum atomic E-state index is -0.581. The zero-order valence-corrected chi connectivity index (χ0v) is 10.7. The van der Waals surface area contributed by atoms with E-state index in [1.54, 1.807) is 0 Å². The van der Waals surface area contributed by atoms with Crippen molar-refractivity contribution >= 4 is 11.8 Å². The molecule has 0 aliphatic heterocycles. The van der Waals surface area contributed by atoms with Gasteiger partial charge in [0.2, 0.25) is 23.5 Å². The molecule has 3 N–H and O–H groups in total. The van der Waals surface area contributed by atoms with Crippen LogP contribution in [0.4, 0.5) is 0 Å². The molecule has 0 spiro atoms. The first kappa shape index (κ1) is 13.7. The van der Waals surface area contributed by atoms with E-state index in [2.05, 4.69) is 15.5 Å². The van der Waals surface area contributed by atoms with Gasteiger partial charge in [0.05, 0.1) is 6.54 Å². The van der Waals surface area contributed by atoms with Gasteiger partial charge in [0.1, 0.15) is 0 Å². The monoisotopic (exact) mass is 274 g/mol. The number of rotatable bonds is 6. The quantitative estimate of drug-likeness (QED) is 0.785. The Morgan fingerprint density at radius 3 is 2.70 bits per heavy atom. The van der Waals surface area contributed by atoms with Gasteiger partial charge in [0.15, 0.2) is 0 Å². The maximum absolute atomic E-state index is 11.4. The largest absolute Gasteiger partial charge is 0.368 e. The van der Waals surface area contributed by atoms with Gasteiger partial charge in [-0.05, 0) is 0 Å². The number of benzene rings is 1. The van der Waals surface area contributed by atoms with E-state index in [4.69, 9.17) is 10.3 Å². The summed E-state index contributed by atoms with van der Waals surface area (Å²) in [6.45, 7) is -0.169. The fourth-order valence-corrected chi connectivity index (χ4v) is 1.56. The molecule has 1 aromatic carbocycles. The Morgan fingerprint density at radius 2 is 2.00 bits per heavy atom. The van der Waals surface area contributed by atoms with Crippen LogP contribution in [0, 0.1) is 0 Å². The summed E-state index contributed by atoms with van der Waals surface area (Å²) in [6, 6.07) is 9.39. The number of amides is 2. The second kappa shape index (κ2) is 6.46. The number of primary amides is 1. The van der Waals surface area contributed by atoms with Crippen LogP contribution in [0.5, 0.6) is 0 Å². The summed E-state index contributed by atoms with van der Waals surface area (Å²) < 4.78 is 5.06. The van der Waals surface area contributed by atoms with Crippen LogP contribution in [0.2, 0.25) is 0 Å². The number of hydrogen-bond donors (Lipinski definition) is 2. The van der Waals surface area contributed by atoms with Crippen LogP contribution in [0.25, 0.3) is 11.4 Å². The van der Waals surface area contributed by atoms with Crippen LogP contribution >= 0.6 is 0 Å². The van der Waals surface area contributed by atoms with Gasteiger partial charge in [0, 0.05) is 18.4 Å². The molecule has 2 amide bonds. The van der Waals surface area contributed by atoms with Crippen LogP contribution in [0.15, 0.2) is 34.9 Å². The molecule has 0 radical (unpaired) electrons.